The summed E-state index contributed by atoms with van der Waals surface area (Å²) in [6.45, 7) is 4.89. The lowest BCUT2D eigenvalue weighted by Gasteiger charge is -2.25. The van der Waals surface area contributed by atoms with Crippen molar-refractivity contribution in [2.75, 3.05) is 40.9 Å². The third-order valence-electron chi connectivity index (χ3n) is 17.0. The standard InChI is InChI=1S/C71H143N2O6P/c1-6-8-10-12-14-16-18-20-22-24-26-28-30-32-33-34-35-36-37-38-39-40-41-43-45-47-49-51-53-55-57-59-61-63-65-71(75)72-69(68-79-80(76,77)78-67-66-73(3,4)5)70(74)64-62-60-58-56-54-52-50-48-46-44-42-31-29-27-25-23-21-19-17-15-13-11-9-7-2/h62,64,69-70,74H,6-61,63,65-68H2,1-5H3,(H-,72,75,76,77)/p+1/b64-62+. The maximum absolute atomic E-state index is 13.1. The van der Waals surface area contributed by atoms with Crippen LogP contribution in [-0.2, 0) is 18.4 Å². The first-order chi connectivity index (χ1) is 39.0. The van der Waals surface area contributed by atoms with Crippen LogP contribution in [0.2, 0.25) is 0 Å². The molecule has 0 fully saturated rings. The smallest absolute Gasteiger partial charge is 0.387 e. The molecule has 1 amide bonds. The molecule has 8 nitrogen and oxygen atoms in total. The number of unbranched alkanes of at least 4 members (excludes halogenated alkanes) is 55. The zero-order valence-corrected chi connectivity index (χ0v) is 55.8. The summed E-state index contributed by atoms with van der Waals surface area (Å²) in [7, 11) is 1.60. The number of nitrogens with zero attached hydrogens (tertiary/aromatic N) is 1. The molecule has 0 aromatic rings. The molecule has 80 heavy (non-hydrogen) atoms. The van der Waals surface area contributed by atoms with Crippen LogP contribution >= 0.6 is 7.82 Å². The quantitative estimate of drug-likeness (QED) is 0.0243. The van der Waals surface area contributed by atoms with Crippen molar-refractivity contribution >= 4 is 13.7 Å². The molecule has 478 valence electrons. The molecule has 0 rings (SSSR count). The maximum Gasteiger partial charge on any atom is 0.472 e. The summed E-state index contributed by atoms with van der Waals surface area (Å²) in [5.74, 6) is -0.166. The highest BCUT2D eigenvalue weighted by Crippen LogP contribution is 2.43. The van der Waals surface area contributed by atoms with Gasteiger partial charge in [-0.2, -0.15) is 0 Å². The molecule has 0 aromatic carbocycles. The first kappa shape index (κ1) is 79.2. The van der Waals surface area contributed by atoms with Crippen LogP contribution < -0.4 is 5.32 Å². The van der Waals surface area contributed by atoms with Crippen LogP contribution in [0.3, 0.4) is 0 Å². The van der Waals surface area contributed by atoms with Crippen LogP contribution in [0.5, 0.6) is 0 Å². The molecular formula is C71H144N2O6P+. The van der Waals surface area contributed by atoms with Gasteiger partial charge in [0.05, 0.1) is 39.9 Å². The number of allylic oxidation sites excluding steroid dienone is 1. The normalized spacial score (nSPS) is 13.6. The van der Waals surface area contributed by atoms with E-state index in [1.165, 1.54) is 334 Å². The van der Waals surface area contributed by atoms with Crippen molar-refractivity contribution in [2.45, 2.75) is 398 Å². The Morgan fingerprint density at radius 1 is 0.412 bits per heavy atom. The predicted molar refractivity (Wildman–Crippen MR) is 351 cm³/mol. The van der Waals surface area contributed by atoms with E-state index in [9.17, 15) is 19.4 Å². The fourth-order valence-corrected chi connectivity index (χ4v) is 12.1. The first-order valence-electron chi connectivity index (χ1n) is 36.1. The Balaban J connectivity index is 3.97. The zero-order valence-electron chi connectivity index (χ0n) is 54.9. The van der Waals surface area contributed by atoms with Crippen LogP contribution in [0.25, 0.3) is 0 Å². The highest BCUT2D eigenvalue weighted by Gasteiger charge is 2.28. The van der Waals surface area contributed by atoms with Crippen molar-refractivity contribution in [3.8, 4) is 0 Å². The predicted octanol–water partition coefficient (Wildman–Crippen LogP) is 22.9. The summed E-state index contributed by atoms with van der Waals surface area (Å²) in [4.78, 5) is 23.4. The molecule has 3 atom stereocenters. The second-order valence-electron chi connectivity index (χ2n) is 26.3. The first-order valence-corrected chi connectivity index (χ1v) is 37.6. The number of aliphatic hydroxyl groups is 1. The number of carbonyl (C=O) groups is 1. The number of likely N-dealkylation sites (N-methyl/N-ethyl adjacent to an activating group) is 1. The van der Waals surface area contributed by atoms with E-state index in [1.807, 2.05) is 27.2 Å². The van der Waals surface area contributed by atoms with Gasteiger partial charge in [0.15, 0.2) is 0 Å². The van der Waals surface area contributed by atoms with E-state index in [1.54, 1.807) is 6.08 Å². The summed E-state index contributed by atoms with van der Waals surface area (Å²) in [5.41, 5.74) is 0. The van der Waals surface area contributed by atoms with E-state index < -0.39 is 20.0 Å². The molecule has 0 spiro atoms. The molecule has 9 heteroatoms. The minimum Gasteiger partial charge on any atom is -0.387 e. The Labute approximate surface area is 501 Å². The Kier molecular flexibility index (Phi) is 62.2. The van der Waals surface area contributed by atoms with E-state index in [2.05, 4.69) is 19.2 Å². The van der Waals surface area contributed by atoms with E-state index in [0.29, 0.717) is 17.4 Å². The Bertz CT molecular complexity index is 1310. The lowest BCUT2D eigenvalue weighted by molar-refractivity contribution is -0.870. The molecule has 0 heterocycles. The molecule has 0 aliphatic heterocycles. The molecule has 0 aliphatic rings. The molecular weight excluding hydrogens is 1010 g/mol. The lowest BCUT2D eigenvalue weighted by Crippen LogP contribution is -2.45. The molecule has 0 radical (unpaired) electrons. The van der Waals surface area contributed by atoms with E-state index in [0.717, 1.165) is 32.1 Å². The number of hydrogen-bond acceptors (Lipinski definition) is 5. The van der Waals surface area contributed by atoms with Gasteiger partial charge in [-0.3, -0.25) is 13.8 Å². The van der Waals surface area contributed by atoms with Crippen LogP contribution in [0.1, 0.15) is 386 Å². The fourth-order valence-electron chi connectivity index (χ4n) is 11.4. The monoisotopic (exact) mass is 1150 g/mol. The molecule has 0 aromatic heterocycles. The van der Waals surface area contributed by atoms with E-state index >= 15 is 0 Å². The number of amides is 1. The van der Waals surface area contributed by atoms with Crippen LogP contribution in [0.4, 0.5) is 0 Å². The van der Waals surface area contributed by atoms with E-state index in [4.69, 9.17) is 9.05 Å². The van der Waals surface area contributed by atoms with Gasteiger partial charge in [0.2, 0.25) is 5.91 Å². The lowest BCUT2D eigenvalue weighted by atomic mass is 10.0. The van der Waals surface area contributed by atoms with Crippen molar-refractivity contribution in [3.05, 3.63) is 12.2 Å². The number of nitrogens with one attached hydrogen (secondary N) is 1. The van der Waals surface area contributed by atoms with Crippen molar-refractivity contribution < 1.29 is 32.9 Å². The van der Waals surface area contributed by atoms with Crippen LogP contribution in [-0.4, -0.2) is 73.4 Å². The van der Waals surface area contributed by atoms with Gasteiger partial charge in [-0.1, -0.05) is 373 Å². The fraction of sp³-hybridized carbons (Fsp3) is 0.958. The van der Waals surface area contributed by atoms with Gasteiger partial charge in [0, 0.05) is 6.42 Å². The van der Waals surface area contributed by atoms with Gasteiger partial charge in [0.25, 0.3) is 0 Å². The highest BCUT2D eigenvalue weighted by atomic mass is 31.2. The van der Waals surface area contributed by atoms with Gasteiger partial charge in [-0.15, -0.1) is 0 Å². The third kappa shape index (κ3) is 64.8. The van der Waals surface area contributed by atoms with Gasteiger partial charge in [-0.05, 0) is 19.3 Å². The highest BCUT2D eigenvalue weighted by molar-refractivity contribution is 7.47. The van der Waals surface area contributed by atoms with Crippen molar-refractivity contribution in [1.82, 2.24) is 5.32 Å². The number of rotatable bonds is 68. The summed E-state index contributed by atoms with van der Waals surface area (Å²) >= 11 is 0. The Morgan fingerprint density at radius 3 is 0.925 bits per heavy atom. The van der Waals surface area contributed by atoms with Gasteiger partial charge >= 0.3 is 7.82 Å². The summed E-state index contributed by atoms with van der Waals surface area (Å²) in [5, 5.41) is 14.0. The summed E-state index contributed by atoms with van der Waals surface area (Å²) in [6.07, 6.45) is 80.9. The molecule has 0 bridgehead atoms. The zero-order chi connectivity index (χ0) is 58.4. The molecule has 3 unspecified atom stereocenters. The van der Waals surface area contributed by atoms with Crippen molar-refractivity contribution in [2.24, 2.45) is 0 Å². The second kappa shape index (κ2) is 62.8. The molecule has 3 N–H and O–H groups in total. The topological polar surface area (TPSA) is 105 Å². The number of hydrogen-bond donors (Lipinski definition) is 3. The minimum atomic E-state index is -4.35. The Hall–Kier alpha value is -0.760. The number of aliphatic hydroxyl groups excluding tert-OH is 1. The van der Waals surface area contributed by atoms with Crippen molar-refractivity contribution in [1.29, 1.82) is 0 Å². The number of phosphoric acid groups is 1. The maximum atomic E-state index is 13.1. The number of quaternary nitrogens is 1. The van der Waals surface area contributed by atoms with Gasteiger partial charge < -0.3 is 19.8 Å². The Morgan fingerprint density at radius 2 is 0.662 bits per heavy atom. The summed E-state index contributed by atoms with van der Waals surface area (Å²) < 4.78 is 23.8. The van der Waals surface area contributed by atoms with Crippen LogP contribution in [0, 0.1) is 0 Å². The average Bonchev–Trinajstić information content (AvgIpc) is 3.42. The van der Waals surface area contributed by atoms with E-state index in [-0.39, 0.29) is 19.1 Å². The van der Waals surface area contributed by atoms with Crippen molar-refractivity contribution in [3.63, 3.8) is 0 Å². The molecule has 0 saturated heterocycles. The minimum absolute atomic E-state index is 0.0655. The largest absolute Gasteiger partial charge is 0.472 e. The number of phosphoric ester groups is 1. The third-order valence-corrected chi connectivity index (χ3v) is 18.0. The SMILES string of the molecule is CCCCCCCCCCCCCCCCCCCCCCCC/C=C/C(O)C(COP(=O)(O)OCC[N+](C)(C)C)NC(=O)CCCCCCCCCCCCCCCCCCCCCCCCCCCCCCCCCCCC. The second-order valence-corrected chi connectivity index (χ2v) is 27.8. The van der Waals surface area contributed by atoms with Gasteiger partial charge in [0.1, 0.15) is 13.2 Å². The number of carbonyl (C=O) groups excluding carboxylic acids is 1. The summed E-state index contributed by atoms with van der Waals surface area (Å²) in [6, 6.07) is -0.844. The van der Waals surface area contributed by atoms with Crippen LogP contribution in [0.15, 0.2) is 12.2 Å². The average molecular weight is 1150 g/mol. The molecule has 0 aliphatic carbocycles. The molecule has 0 saturated carbocycles. The van der Waals surface area contributed by atoms with Gasteiger partial charge in [-0.25, -0.2) is 4.57 Å².